The molecule has 1 aromatic rings. The number of carboxylic acid groups (broad SMARTS) is 1. The fraction of sp³-hybridized carbons (Fsp3) is 0.500. The number of carbonyl (C=O) groups is 2. The maximum atomic E-state index is 12.5. The maximum absolute atomic E-state index is 12.5. The smallest absolute Gasteiger partial charge is 0.305 e. The zero-order valence-corrected chi connectivity index (χ0v) is 12.3. The SMILES string of the molecule is CC(C)N(CCC(=O)O)C(=O)c1ccnc(N(C)C)c1. The molecule has 110 valence electrons. The highest BCUT2D eigenvalue weighted by molar-refractivity contribution is 5.95. The standard InChI is InChI=1S/C14H21N3O3/c1-10(2)17(8-6-13(18)19)14(20)11-5-7-15-12(9-11)16(3)4/h5,7,9-10H,6,8H2,1-4H3,(H,18,19). The van der Waals surface area contributed by atoms with Gasteiger partial charge in [-0.1, -0.05) is 0 Å². The third kappa shape index (κ3) is 4.22. The molecule has 1 amide bonds. The van der Waals surface area contributed by atoms with E-state index in [1.807, 2.05) is 32.8 Å². The molecular weight excluding hydrogens is 258 g/mol. The van der Waals surface area contributed by atoms with Crippen molar-refractivity contribution < 1.29 is 14.7 Å². The summed E-state index contributed by atoms with van der Waals surface area (Å²) in [5.41, 5.74) is 0.516. The van der Waals surface area contributed by atoms with Gasteiger partial charge in [-0.3, -0.25) is 9.59 Å². The van der Waals surface area contributed by atoms with Crippen LogP contribution in [0, 0.1) is 0 Å². The van der Waals surface area contributed by atoms with Gasteiger partial charge in [-0.15, -0.1) is 0 Å². The minimum Gasteiger partial charge on any atom is -0.481 e. The molecule has 1 rings (SSSR count). The number of hydrogen-bond donors (Lipinski definition) is 1. The Balaban J connectivity index is 2.94. The van der Waals surface area contributed by atoms with Gasteiger partial charge in [0.2, 0.25) is 0 Å². The van der Waals surface area contributed by atoms with E-state index in [4.69, 9.17) is 5.11 Å². The van der Waals surface area contributed by atoms with E-state index in [0.29, 0.717) is 11.4 Å². The number of pyridine rings is 1. The van der Waals surface area contributed by atoms with Crippen LogP contribution in [0.15, 0.2) is 18.3 Å². The third-order valence-corrected chi connectivity index (χ3v) is 2.90. The number of anilines is 1. The largest absolute Gasteiger partial charge is 0.481 e. The Labute approximate surface area is 119 Å². The molecule has 0 saturated carbocycles. The van der Waals surface area contributed by atoms with Crippen LogP contribution < -0.4 is 4.90 Å². The first kappa shape index (κ1) is 15.9. The molecule has 0 saturated heterocycles. The lowest BCUT2D eigenvalue weighted by Gasteiger charge is -2.26. The fourth-order valence-corrected chi connectivity index (χ4v) is 1.77. The molecule has 0 fully saturated rings. The highest BCUT2D eigenvalue weighted by Crippen LogP contribution is 2.14. The van der Waals surface area contributed by atoms with E-state index < -0.39 is 5.97 Å². The van der Waals surface area contributed by atoms with Gasteiger partial charge in [0.05, 0.1) is 6.42 Å². The predicted molar refractivity (Wildman–Crippen MR) is 77.0 cm³/mol. The van der Waals surface area contributed by atoms with Crippen LogP contribution in [0.2, 0.25) is 0 Å². The van der Waals surface area contributed by atoms with E-state index in [1.165, 1.54) is 0 Å². The van der Waals surface area contributed by atoms with E-state index in [0.717, 1.165) is 0 Å². The molecule has 0 spiro atoms. The fourth-order valence-electron chi connectivity index (χ4n) is 1.77. The number of carbonyl (C=O) groups excluding carboxylic acids is 1. The highest BCUT2D eigenvalue weighted by atomic mass is 16.4. The van der Waals surface area contributed by atoms with E-state index in [-0.39, 0.29) is 24.9 Å². The number of nitrogens with zero attached hydrogens (tertiary/aromatic N) is 3. The molecule has 0 aliphatic carbocycles. The van der Waals surface area contributed by atoms with E-state index >= 15 is 0 Å². The molecule has 6 nitrogen and oxygen atoms in total. The second-order valence-corrected chi connectivity index (χ2v) is 5.03. The first-order chi connectivity index (χ1) is 9.32. The zero-order valence-electron chi connectivity index (χ0n) is 12.3. The quantitative estimate of drug-likeness (QED) is 0.853. The lowest BCUT2D eigenvalue weighted by atomic mass is 10.2. The number of aliphatic carboxylic acids is 1. The molecule has 0 atom stereocenters. The summed E-state index contributed by atoms with van der Waals surface area (Å²) in [7, 11) is 3.70. The average Bonchev–Trinajstić information content (AvgIpc) is 2.38. The lowest BCUT2D eigenvalue weighted by Crippen LogP contribution is -2.38. The Hall–Kier alpha value is -2.11. The topological polar surface area (TPSA) is 73.7 Å². The number of amides is 1. The Kier molecular flexibility index (Phi) is 5.49. The van der Waals surface area contributed by atoms with Crippen LogP contribution in [-0.4, -0.2) is 53.5 Å². The van der Waals surface area contributed by atoms with Gasteiger partial charge in [0.15, 0.2) is 0 Å². The first-order valence-corrected chi connectivity index (χ1v) is 6.49. The summed E-state index contributed by atoms with van der Waals surface area (Å²) in [6.07, 6.45) is 1.52. The Morgan fingerprint density at radius 3 is 2.50 bits per heavy atom. The Morgan fingerprint density at radius 2 is 2.00 bits per heavy atom. The molecule has 1 N–H and O–H groups in total. The van der Waals surface area contributed by atoms with Crippen molar-refractivity contribution in [3.8, 4) is 0 Å². The van der Waals surface area contributed by atoms with Crippen LogP contribution in [0.4, 0.5) is 5.82 Å². The van der Waals surface area contributed by atoms with Crippen molar-refractivity contribution in [3.05, 3.63) is 23.9 Å². The summed E-state index contributed by atoms with van der Waals surface area (Å²) in [5.74, 6) is -0.392. The van der Waals surface area contributed by atoms with Crippen molar-refractivity contribution in [2.24, 2.45) is 0 Å². The van der Waals surface area contributed by atoms with Gasteiger partial charge >= 0.3 is 5.97 Å². The van der Waals surface area contributed by atoms with Crippen molar-refractivity contribution in [1.29, 1.82) is 0 Å². The molecule has 0 aliphatic heterocycles. The highest BCUT2D eigenvalue weighted by Gasteiger charge is 2.20. The van der Waals surface area contributed by atoms with Gasteiger partial charge < -0.3 is 14.9 Å². The van der Waals surface area contributed by atoms with Gasteiger partial charge in [0, 0.05) is 38.4 Å². The molecule has 1 heterocycles. The first-order valence-electron chi connectivity index (χ1n) is 6.49. The van der Waals surface area contributed by atoms with Gasteiger partial charge in [0.25, 0.3) is 5.91 Å². The van der Waals surface area contributed by atoms with Crippen molar-refractivity contribution in [3.63, 3.8) is 0 Å². The van der Waals surface area contributed by atoms with Gasteiger partial charge in [0.1, 0.15) is 5.82 Å². The van der Waals surface area contributed by atoms with Crippen molar-refractivity contribution in [2.75, 3.05) is 25.5 Å². The second-order valence-electron chi connectivity index (χ2n) is 5.03. The van der Waals surface area contributed by atoms with Crippen molar-refractivity contribution in [1.82, 2.24) is 9.88 Å². The second kappa shape index (κ2) is 6.88. The van der Waals surface area contributed by atoms with Crippen LogP contribution in [0.5, 0.6) is 0 Å². The normalized spacial score (nSPS) is 10.4. The van der Waals surface area contributed by atoms with Crippen LogP contribution in [-0.2, 0) is 4.79 Å². The van der Waals surface area contributed by atoms with Crippen LogP contribution >= 0.6 is 0 Å². The molecule has 0 unspecified atom stereocenters. The molecule has 0 bridgehead atoms. The van der Waals surface area contributed by atoms with Crippen molar-refractivity contribution in [2.45, 2.75) is 26.3 Å². The van der Waals surface area contributed by atoms with E-state index in [1.54, 1.807) is 23.2 Å². The maximum Gasteiger partial charge on any atom is 0.305 e. The molecule has 6 heteroatoms. The molecule has 0 radical (unpaired) electrons. The van der Waals surface area contributed by atoms with Crippen molar-refractivity contribution >= 4 is 17.7 Å². The molecule has 0 aromatic carbocycles. The summed E-state index contributed by atoms with van der Waals surface area (Å²) in [6.45, 7) is 3.94. The number of carboxylic acids is 1. The summed E-state index contributed by atoms with van der Waals surface area (Å²) in [6, 6.07) is 3.29. The third-order valence-electron chi connectivity index (χ3n) is 2.90. The number of hydrogen-bond acceptors (Lipinski definition) is 4. The Morgan fingerprint density at radius 1 is 1.35 bits per heavy atom. The predicted octanol–water partition coefficient (Wildman–Crippen LogP) is 1.47. The van der Waals surface area contributed by atoms with Gasteiger partial charge in [-0.25, -0.2) is 4.98 Å². The minimum absolute atomic E-state index is 0.0576. The minimum atomic E-state index is -0.910. The zero-order chi connectivity index (χ0) is 15.3. The molecular formula is C14H21N3O3. The number of aromatic nitrogens is 1. The lowest BCUT2D eigenvalue weighted by molar-refractivity contribution is -0.137. The van der Waals surface area contributed by atoms with Gasteiger partial charge in [-0.2, -0.15) is 0 Å². The molecule has 20 heavy (non-hydrogen) atoms. The van der Waals surface area contributed by atoms with Crippen LogP contribution in [0.25, 0.3) is 0 Å². The van der Waals surface area contributed by atoms with Crippen LogP contribution in [0.1, 0.15) is 30.6 Å². The van der Waals surface area contributed by atoms with E-state index in [9.17, 15) is 9.59 Å². The van der Waals surface area contributed by atoms with Gasteiger partial charge in [-0.05, 0) is 26.0 Å². The summed E-state index contributed by atoms with van der Waals surface area (Å²) in [5, 5.41) is 8.76. The molecule has 0 aliphatic rings. The summed E-state index contributed by atoms with van der Waals surface area (Å²) in [4.78, 5) is 30.7. The Bertz CT molecular complexity index is 486. The summed E-state index contributed by atoms with van der Waals surface area (Å²) < 4.78 is 0. The van der Waals surface area contributed by atoms with Crippen LogP contribution in [0.3, 0.4) is 0 Å². The number of rotatable bonds is 6. The average molecular weight is 279 g/mol. The summed E-state index contributed by atoms with van der Waals surface area (Å²) >= 11 is 0. The monoisotopic (exact) mass is 279 g/mol. The molecule has 1 aromatic heterocycles. The van der Waals surface area contributed by atoms with E-state index in [2.05, 4.69) is 4.98 Å².